The molecule has 1 N–H and O–H groups in total. The van der Waals surface area contributed by atoms with Crippen LogP contribution < -0.4 is 14.8 Å². The number of nitrogens with one attached hydrogen (secondary N) is 1. The summed E-state index contributed by atoms with van der Waals surface area (Å²) in [6.45, 7) is 6.38. The summed E-state index contributed by atoms with van der Waals surface area (Å²) in [5.74, 6) is 3.10. The molecule has 0 bridgehead atoms. The van der Waals surface area contributed by atoms with Crippen LogP contribution in [0.5, 0.6) is 11.5 Å². The number of carbonyl (C=O) groups is 1. The van der Waals surface area contributed by atoms with E-state index in [-0.39, 0.29) is 17.7 Å². The first-order valence-electron chi connectivity index (χ1n) is 9.25. The van der Waals surface area contributed by atoms with E-state index < -0.39 is 0 Å². The van der Waals surface area contributed by atoms with Gasteiger partial charge in [0.1, 0.15) is 17.3 Å². The number of methoxy groups -OCH3 is 2. The molecule has 0 saturated heterocycles. The number of ether oxygens (including phenoxy) is 2. The molecule has 0 aliphatic heterocycles. The number of rotatable bonds is 10. The second-order valence-electron chi connectivity index (χ2n) is 6.70. The number of amides is 1. The van der Waals surface area contributed by atoms with Crippen LogP contribution in [0.4, 0.5) is 0 Å². The molecular weight excluding hydrogens is 376 g/mol. The van der Waals surface area contributed by atoms with E-state index in [1.165, 1.54) is 11.8 Å². The Balaban J connectivity index is 1.62. The van der Waals surface area contributed by atoms with E-state index in [1.807, 2.05) is 31.2 Å². The molecule has 150 valence electrons. The van der Waals surface area contributed by atoms with Crippen molar-refractivity contribution >= 4 is 17.7 Å². The van der Waals surface area contributed by atoms with Gasteiger partial charge in [0, 0.05) is 18.0 Å². The van der Waals surface area contributed by atoms with Crippen molar-refractivity contribution in [1.82, 2.24) is 20.1 Å². The molecule has 1 aromatic carbocycles. The number of benzene rings is 1. The van der Waals surface area contributed by atoms with Crippen LogP contribution in [-0.2, 0) is 11.3 Å². The lowest BCUT2D eigenvalue weighted by Gasteiger charge is -2.18. The molecule has 7 nitrogen and oxygen atoms in total. The molecule has 1 aliphatic rings. The molecule has 1 heterocycles. The van der Waals surface area contributed by atoms with Crippen molar-refractivity contribution in [1.29, 1.82) is 0 Å². The highest BCUT2D eigenvalue weighted by Crippen LogP contribution is 2.40. The Morgan fingerprint density at radius 3 is 2.82 bits per heavy atom. The highest BCUT2D eigenvalue weighted by atomic mass is 32.2. The SMILES string of the molecule is C=CCn1c(SCC(=O)NC(C)c2cc(OC)ccc2OC)nnc1C1CC1. The zero-order valence-corrected chi connectivity index (χ0v) is 17.3. The first-order chi connectivity index (χ1) is 13.6. The van der Waals surface area contributed by atoms with Crippen LogP contribution in [0.3, 0.4) is 0 Å². The molecule has 3 rings (SSSR count). The van der Waals surface area contributed by atoms with Crippen molar-refractivity contribution in [2.24, 2.45) is 0 Å². The van der Waals surface area contributed by atoms with E-state index in [9.17, 15) is 4.79 Å². The van der Waals surface area contributed by atoms with Crippen LogP contribution in [0.2, 0.25) is 0 Å². The zero-order valence-electron chi connectivity index (χ0n) is 16.5. The lowest BCUT2D eigenvalue weighted by atomic mass is 10.1. The lowest BCUT2D eigenvalue weighted by molar-refractivity contribution is -0.119. The van der Waals surface area contributed by atoms with Gasteiger partial charge in [-0.15, -0.1) is 16.8 Å². The van der Waals surface area contributed by atoms with Gasteiger partial charge >= 0.3 is 0 Å². The highest BCUT2D eigenvalue weighted by Gasteiger charge is 2.30. The summed E-state index contributed by atoms with van der Waals surface area (Å²) >= 11 is 1.39. The molecule has 1 saturated carbocycles. The van der Waals surface area contributed by atoms with Crippen molar-refractivity contribution in [3.05, 3.63) is 42.2 Å². The van der Waals surface area contributed by atoms with Gasteiger partial charge in [-0.25, -0.2) is 0 Å². The number of nitrogens with zero attached hydrogens (tertiary/aromatic N) is 3. The summed E-state index contributed by atoms with van der Waals surface area (Å²) in [6.07, 6.45) is 4.14. The second kappa shape index (κ2) is 9.14. The smallest absolute Gasteiger partial charge is 0.230 e. The number of carbonyl (C=O) groups excluding carboxylic acids is 1. The molecule has 8 heteroatoms. The van der Waals surface area contributed by atoms with Crippen molar-refractivity contribution in [2.75, 3.05) is 20.0 Å². The summed E-state index contributed by atoms with van der Waals surface area (Å²) in [5, 5.41) is 12.3. The fourth-order valence-electron chi connectivity index (χ4n) is 3.02. The Hall–Kier alpha value is -2.48. The number of hydrogen-bond acceptors (Lipinski definition) is 6. The minimum absolute atomic E-state index is 0.0801. The van der Waals surface area contributed by atoms with Crippen LogP contribution in [0.25, 0.3) is 0 Å². The van der Waals surface area contributed by atoms with Gasteiger partial charge in [-0.05, 0) is 38.0 Å². The number of hydrogen-bond donors (Lipinski definition) is 1. The van der Waals surface area contributed by atoms with Gasteiger partial charge in [-0.1, -0.05) is 17.8 Å². The van der Waals surface area contributed by atoms with E-state index in [2.05, 4.69) is 26.7 Å². The quantitative estimate of drug-likeness (QED) is 0.485. The Labute approximate surface area is 169 Å². The number of allylic oxidation sites excluding steroid dienone is 1. The van der Waals surface area contributed by atoms with Crippen molar-refractivity contribution in [3.8, 4) is 11.5 Å². The minimum atomic E-state index is -0.216. The van der Waals surface area contributed by atoms with Gasteiger partial charge in [0.05, 0.1) is 26.0 Å². The third-order valence-corrected chi connectivity index (χ3v) is 5.58. The third kappa shape index (κ3) is 4.67. The monoisotopic (exact) mass is 402 g/mol. The normalized spacial score (nSPS) is 14.4. The van der Waals surface area contributed by atoms with E-state index in [0.717, 1.165) is 35.1 Å². The highest BCUT2D eigenvalue weighted by molar-refractivity contribution is 7.99. The van der Waals surface area contributed by atoms with Crippen LogP contribution in [0.1, 0.15) is 43.1 Å². The Morgan fingerprint density at radius 2 is 2.18 bits per heavy atom. The number of thioether (sulfide) groups is 1. The van der Waals surface area contributed by atoms with E-state index >= 15 is 0 Å². The standard InChI is InChI=1S/C20H26N4O3S/c1-5-10-24-19(14-6-7-14)22-23-20(24)28-12-18(25)21-13(2)16-11-15(26-3)8-9-17(16)27-4/h5,8-9,11,13-14H,1,6-7,10,12H2,2-4H3,(H,21,25). The van der Waals surface area contributed by atoms with Crippen molar-refractivity contribution in [3.63, 3.8) is 0 Å². The van der Waals surface area contributed by atoms with E-state index in [1.54, 1.807) is 14.2 Å². The van der Waals surface area contributed by atoms with Gasteiger partial charge in [0.25, 0.3) is 0 Å². The second-order valence-corrected chi connectivity index (χ2v) is 7.64. The largest absolute Gasteiger partial charge is 0.497 e. The molecule has 0 spiro atoms. The maximum absolute atomic E-state index is 12.5. The summed E-state index contributed by atoms with van der Waals surface area (Å²) in [5.41, 5.74) is 0.867. The predicted octanol–water partition coefficient (Wildman–Crippen LogP) is 3.33. The fourth-order valence-corrected chi connectivity index (χ4v) is 3.79. The molecule has 28 heavy (non-hydrogen) atoms. The molecular formula is C20H26N4O3S. The Bertz CT molecular complexity index is 848. The summed E-state index contributed by atoms with van der Waals surface area (Å²) in [6, 6.07) is 5.32. The molecule has 1 atom stereocenters. The van der Waals surface area contributed by atoms with Gasteiger partial charge in [0.15, 0.2) is 5.16 Å². The summed E-state index contributed by atoms with van der Waals surface area (Å²) in [7, 11) is 3.22. The van der Waals surface area contributed by atoms with E-state index in [4.69, 9.17) is 9.47 Å². The van der Waals surface area contributed by atoms with Gasteiger partial charge in [-0.3, -0.25) is 4.79 Å². The summed E-state index contributed by atoms with van der Waals surface area (Å²) < 4.78 is 12.7. The average Bonchev–Trinajstić information content (AvgIpc) is 3.47. The topological polar surface area (TPSA) is 78.3 Å². The molecule has 1 fully saturated rings. The van der Waals surface area contributed by atoms with Crippen LogP contribution in [-0.4, -0.2) is 40.6 Å². The molecule has 0 radical (unpaired) electrons. The minimum Gasteiger partial charge on any atom is -0.497 e. The Kier molecular flexibility index (Phi) is 6.61. The first kappa shape index (κ1) is 20.3. The zero-order chi connectivity index (χ0) is 20.1. The predicted molar refractivity (Wildman–Crippen MR) is 109 cm³/mol. The molecule has 1 unspecified atom stereocenters. The maximum Gasteiger partial charge on any atom is 0.230 e. The number of aromatic nitrogens is 3. The molecule has 1 amide bonds. The molecule has 2 aromatic rings. The van der Waals surface area contributed by atoms with Gasteiger partial charge in [0.2, 0.25) is 5.91 Å². The summed E-state index contributed by atoms with van der Waals surface area (Å²) in [4.78, 5) is 12.5. The lowest BCUT2D eigenvalue weighted by Crippen LogP contribution is -2.28. The fraction of sp³-hybridized carbons (Fsp3) is 0.450. The maximum atomic E-state index is 12.5. The third-order valence-electron chi connectivity index (χ3n) is 4.61. The van der Waals surface area contributed by atoms with Crippen molar-refractivity contribution in [2.45, 2.75) is 43.4 Å². The van der Waals surface area contributed by atoms with Gasteiger partial charge in [-0.2, -0.15) is 0 Å². The van der Waals surface area contributed by atoms with Crippen LogP contribution in [0.15, 0.2) is 36.0 Å². The van der Waals surface area contributed by atoms with E-state index in [0.29, 0.717) is 18.2 Å². The van der Waals surface area contributed by atoms with Gasteiger partial charge < -0.3 is 19.4 Å². The Morgan fingerprint density at radius 1 is 1.39 bits per heavy atom. The van der Waals surface area contributed by atoms with Crippen molar-refractivity contribution < 1.29 is 14.3 Å². The first-order valence-corrected chi connectivity index (χ1v) is 10.2. The average molecular weight is 403 g/mol. The van der Waals surface area contributed by atoms with Crippen LogP contribution >= 0.6 is 11.8 Å². The molecule has 1 aromatic heterocycles. The van der Waals surface area contributed by atoms with Crippen LogP contribution in [0, 0.1) is 0 Å². The molecule has 1 aliphatic carbocycles.